The number of aryl methyl sites for hydroxylation is 1. The van der Waals surface area contributed by atoms with Crippen LogP contribution in [0.5, 0.6) is 5.75 Å². The van der Waals surface area contributed by atoms with E-state index in [4.69, 9.17) is 15.7 Å². The molecular formula is C15H23FN2O2. The van der Waals surface area contributed by atoms with Gasteiger partial charge in [-0.25, -0.2) is 4.39 Å². The van der Waals surface area contributed by atoms with E-state index in [0.29, 0.717) is 17.9 Å². The number of hydrogen-bond donors (Lipinski definition) is 2. The molecule has 0 bridgehead atoms. The second-order valence-electron chi connectivity index (χ2n) is 5.59. The first-order valence-electron chi connectivity index (χ1n) is 6.74. The largest absolute Gasteiger partial charge is 0.494 e. The molecule has 0 saturated heterocycles. The normalized spacial score (nSPS) is 12.5. The van der Waals surface area contributed by atoms with Crippen LogP contribution in [0.4, 0.5) is 4.39 Å². The van der Waals surface area contributed by atoms with Gasteiger partial charge in [-0.1, -0.05) is 19.0 Å². The van der Waals surface area contributed by atoms with Crippen molar-refractivity contribution < 1.29 is 14.3 Å². The Hall–Kier alpha value is -1.78. The average molecular weight is 282 g/mol. The zero-order valence-electron chi connectivity index (χ0n) is 12.3. The summed E-state index contributed by atoms with van der Waals surface area (Å²) in [6, 6.07) is 4.73. The minimum atomic E-state index is -0.318. The van der Waals surface area contributed by atoms with Crippen molar-refractivity contribution in [1.82, 2.24) is 0 Å². The molecule has 3 N–H and O–H groups in total. The van der Waals surface area contributed by atoms with E-state index in [2.05, 4.69) is 5.16 Å². The Morgan fingerprint density at radius 1 is 1.40 bits per heavy atom. The highest BCUT2D eigenvalue weighted by atomic mass is 19.1. The van der Waals surface area contributed by atoms with E-state index in [9.17, 15) is 4.39 Å². The molecule has 4 nitrogen and oxygen atoms in total. The predicted octanol–water partition coefficient (Wildman–Crippen LogP) is 3.46. The minimum absolute atomic E-state index is 0.224. The van der Waals surface area contributed by atoms with Gasteiger partial charge in [-0.05, 0) is 49.9 Å². The molecule has 0 unspecified atom stereocenters. The molecule has 0 spiro atoms. The van der Waals surface area contributed by atoms with Gasteiger partial charge in [0.05, 0.1) is 6.61 Å². The van der Waals surface area contributed by atoms with E-state index in [-0.39, 0.29) is 17.1 Å². The van der Waals surface area contributed by atoms with Crippen LogP contribution >= 0.6 is 0 Å². The quantitative estimate of drug-likeness (QED) is 0.264. The second kappa shape index (κ2) is 7.12. The summed E-state index contributed by atoms with van der Waals surface area (Å²) in [5.74, 6) is 0.699. The van der Waals surface area contributed by atoms with Crippen LogP contribution in [0.3, 0.4) is 0 Å². The molecule has 0 atom stereocenters. The van der Waals surface area contributed by atoms with Crippen LogP contribution in [-0.2, 0) is 0 Å². The average Bonchev–Trinajstić information content (AvgIpc) is 2.41. The molecule has 0 fully saturated rings. The standard InChI is InChI=1S/C15H23FN2O2/c1-11-10-12(6-7-13(11)16)20-9-5-4-8-15(2,3)14(17)18-19/h6-7,10,19H,4-5,8-9H2,1-3H3,(H2,17,18). The number of hydrogen-bond acceptors (Lipinski definition) is 3. The lowest BCUT2D eigenvalue weighted by molar-refractivity contribution is 0.288. The van der Waals surface area contributed by atoms with Crippen molar-refractivity contribution in [3.8, 4) is 5.75 Å². The fourth-order valence-corrected chi connectivity index (χ4v) is 1.83. The summed E-state index contributed by atoms with van der Waals surface area (Å²) in [5, 5.41) is 11.7. The van der Waals surface area contributed by atoms with Gasteiger partial charge in [0.2, 0.25) is 0 Å². The van der Waals surface area contributed by atoms with Gasteiger partial charge < -0.3 is 15.7 Å². The van der Waals surface area contributed by atoms with Gasteiger partial charge in [-0.3, -0.25) is 0 Å². The SMILES string of the molecule is Cc1cc(OCCCCC(C)(C)/C(N)=N/O)ccc1F. The fraction of sp³-hybridized carbons (Fsp3) is 0.533. The third kappa shape index (κ3) is 4.72. The van der Waals surface area contributed by atoms with E-state index in [1.54, 1.807) is 19.1 Å². The van der Waals surface area contributed by atoms with Gasteiger partial charge in [-0.15, -0.1) is 0 Å². The zero-order valence-corrected chi connectivity index (χ0v) is 12.3. The third-order valence-corrected chi connectivity index (χ3v) is 3.40. The van der Waals surface area contributed by atoms with Gasteiger partial charge >= 0.3 is 0 Å². The van der Waals surface area contributed by atoms with E-state index in [1.165, 1.54) is 6.07 Å². The first-order chi connectivity index (χ1) is 9.36. The molecule has 5 heteroatoms. The number of rotatable bonds is 7. The molecule has 0 aromatic heterocycles. The maximum atomic E-state index is 13.1. The number of nitrogens with two attached hydrogens (primary N) is 1. The summed E-state index contributed by atoms with van der Waals surface area (Å²) < 4.78 is 18.6. The van der Waals surface area contributed by atoms with E-state index >= 15 is 0 Å². The van der Waals surface area contributed by atoms with Gasteiger partial charge in [0.1, 0.15) is 17.4 Å². The van der Waals surface area contributed by atoms with Crippen molar-refractivity contribution in [3.63, 3.8) is 0 Å². The molecule has 1 aromatic rings. The summed E-state index contributed by atoms with van der Waals surface area (Å²) in [6.45, 7) is 6.15. The molecule has 0 saturated carbocycles. The Labute approximate surface area is 119 Å². The first kappa shape index (κ1) is 16.3. The third-order valence-electron chi connectivity index (χ3n) is 3.40. The van der Waals surface area contributed by atoms with Crippen LogP contribution in [0.15, 0.2) is 23.4 Å². The number of unbranched alkanes of at least 4 members (excludes halogenated alkanes) is 1. The monoisotopic (exact) mass is 282 g/mol. The predicted molar refractivity (Wildman–Crippen MR) is 77.7 cm³/mol. The molecule has 0 aliphatic rings. The first-order valence-corrected chi connectivity index (χ1v) is 6.74. The fourth-order valence-electron chi connectivity index (χ4n) is 1.83. The summed E-state index contributed by atoms with van der Waals surface area (Å²) >= 11 is 0. The molecule has 1 aromatic carbocycles. The van der Waals surface area contributed by atoms with Crippen molar-refractivity contribution >= 4 is 5.84 Å². The van der Waals surface area contributed by atoms with Crippen LogP contribution in [0, 0.1) is 18.2 Å². The Morgan fingerprint density at radius 3 is 2.70 bits per heavy atom. The highest BCUT2D eigenvalue weighted by Gasteiger charge is 2.22. The van der Waals surface area contributed by atoms with Crippen LogP contribution in [0.1, 0.15) is 38.7 Å². The number of benzene rings is 1. The maximum Gasteiger partial charge on any atom is 0.144 e. The molecule has 0 aliphatic heterocycles. The van der Waals surface area contributed by atoms with E-state index in [1.807, 2.05) is 13.8 Å². The van der Waals surface area contributed by atoms with E-state index < -0.39 is 0 Å². The Bertz CT molecular complexity index is 473. The van der Waals surface area contributed by atoms with Crippen molar-refractivity contribution in [2.45, 2.75) is 40.0 Å². The Kier molecular flexibility index (Phi) is 5.80. The summed E-state index contributed by atoms with van der Waals surface area (Å²) in [5.41, 5.74) is 5.88. The minimum Gasteiger partial charge on any atom is -0.494 e. The Morgan fingerprint density at radius 2 is 2.10 bits per heavy atom. The van der Waals surface area contributed by atoms with Crippen LogP contribution in [0.25, 0.3) is 0 Å². The van der Waals surface area contributed by atoms with Gasteiger partial charge in [0.15, 0.2) is 0 Å². The summed E-state index contributed by atoms with van der Waals surface area (Å²) in [7, 11) is 0. The van der Waals surface area contributed by atoms with Crippen LogP contribution in [-0.4, -0.2) is 17.6 Å². The molecule has 0 amide bonds. The topological polar surface area (TPSA) is 67.8 Å². The molecule has 1 rings (SSSR count). The summed E-state index contributed by atoms with van der Waals surface area (Å²) in [4.78, 5) is 0. The summed E-state index contributed by atoms with van der Waals surface area (Å²) in [6.07, 6.45) is 2.58. The van der Waals surface area contributed by atoms with Gasteiger partial charge in [0.25, 0.3) is 0 Å². The van der Waals surface area contributed by atoms with Crippen LogP contribution < -0.4 is 10.5 Å². The number of oxime groups is 1. The lowest BCUT2D eigenvalue weighted by Crippen LogP contribution is -2.31. The highest BCUT2D eigenvalue weighted by molar-refractivity contribution is 5.85. The maximum absolute atomic E-state index is 13.1. The van der Waals surface area contributed by atoms with Crippen LogP contribution in [0.2, 0.25) is 0 Å². The van der Waals surface area contributed by atoms with Crippen molar-refractivity contribution in [2.75, 3.05) is 6.61 Å². The highest BCUT2D eigenvalue weighted by Crippen LogP contribution is 2.23. The molecular weight excluding hydrogens is 259 g/mol. The number of nitrogens with zero attached hydrogens (tertiary/aromatic N) is 1. The van der Waals surface area contributed by atoms with Crippen molar-refractivity contribution in [2.24, 2.45) is 16.3 Å². The molecule has 112 valence electrons. The molecule has 0 aliphatic carbocycles. The number of amidine groups is 1. The zero-order chi connectivity index (χ0) is 15.2. The van der Waals surface area contributed by atoms with Gasteiger partial charge in [0, 0.05) is 5.41 Å². The van der Waals surface area contributed by atoms with Crippen molar-refractivity contribution in [1.29, 1.82) is 0 Å². The lowest BCUT2D eigenvalue weighted by Gasteiger charge is -2.22. The van der Waals surface area contributed by atoms with Gasteiger partial charge in [-0.2, -0.15) is 0 Å². The van der Waals surface area contributed by atoms with E-state index in [0.717, 1.165) is 19.3 Å². The molecule has 0 heterocycles. The molecule has 20 heavy (non-hydrogen) atoms. The Balaban J connectivity index is 2.30. The molecule has 0 radical (unpaired) electrons. The van der Waals surface area contributed by atoms with Crippen molar-refractivity contribution in [3.05, 3.63) is 29.6 Å². The smallest absolute Gasteiger partial charge is 0.144 e. The second-order valence-corrected chi connectivity index (χ2v) is 5.59. The number of halogens is 1. The lowest BCUT2D eigenvalue weighted by atomic mass is 9.86. The number of ether oxygens (including phenoxy) is 1.